The van der Waals surface area contributed by atoms with Gasteiger partial charge >= 0.3 is 0 Å². The summed E-state index contributed by atoms with van der Waals surface area (Å²) in [5.41, 5.74) is 1.08. The van der Waals surface area contributed by atoms with Gasteiger partial charge in [-0.1, -0.05) is 13.0 Å². The molecule has 114 valence electrons. The Kier molecular flexibility index (Phi) is 6.81. The predicted molar refractivity (Wildman–Crippen MR) is 80.2 cm³/mol. The third-order valence-electron chi connectivity index (χ3n) is 2.78. The molecule has 0 saturated carbocycles. The minimum absolute atomic E-state index is 0.0300. The quantitative estimate of drug-likeness (QED) is 0.751. The Balaban J connectivity index is 2.64. The molecule has 0 unspecified atom stereocenters. The topological polar surface area (TPSA) is 64.6 Å². The summed E-state index contributed by atoms with van der Waals surface area (Å²) >= 11 is 0. The lowest BCUT2D eigenvalue weighted by molar-refractivity contribution is 0.311. The first-order valence-electron chi connectivity index (χ1n) is 6.67. The van der Waals surface area contributed by atoms with E-state index in [2.05, 4.69) is 5.32 Å². The van der Waals surface area contributed by atoms with Gasteiger partial charge in [0.05, 0.1) is 18.6 Å². The molecule has 0 saturated heterocycles. The average Bonchev–Trinajstić information content (AvgIpc) is 2.40. The number of nitrogens with one attached hydrogen (secondary N) is 1. The summed E-state index contributed by atoms with van der Waals surface area (Å²) in [6.07, 6.45) is 0.629. The molecule has 1 aromatic carbocycles. The van der Waals surface area contributed by atoms with Gasteiger partial charge in [-0.25, -0.2) is 8.42 Å². The van der Waals surface area contributed by atoms with E-state index in [4.69, 9.17) is 9.47 Å². The van der Waals surface area contributed by atoms with Gasteiger partial charge < -0.3 is 14.8 Å². The zero-order valence-electron chi connectivity index (χ0n) is 12.3. The van der Waals surface area contributed by atoms with Crippen molar-refractivity contribution in [3.05, 3.63) is 23.8 Å². The summed E-state index contributed by atoms with van der Waals surface area (Å²) in [6, 6.07) is 5.61. The summed E-state index contributed by atoms with van der Waals surface area (Å²) in [5, 5.41) is 3.06. The number of ether oxygens (including phenoxy) is 2. The van der Waals surface area contributed by atoms with Crippen LogP contribution in [0.1, 0.15) is 18.9 Å². The van der Waals surface area contributed by atoms with Crippen molar-refractivity contribution in [2.45, 2.75) is 19.9 Å². The van der Waals surface area contributed by atoms with Crippen LogP contribution in [0.15, 0.2) is 18.2 Å². The molecule has 1 N–H and O–H groups in total. The van der Waals surface area contributed by atoms with Crippen molar-refractivity contribution in [1.29, 1.82) is 0 Å². The number of hydrogen-bond acceptors (Lipinski definition) is 5. The Bertz CT molecular complexity index is 514. The van der Waals surface area contributed by atoms with E-state index in [0.29, 0.717) is 17.9 Å². The van der Waals surface area contributed by atoms with Crippen molar-refractivity contribution >= 4 is 9.84 Å². The van der Waals surface area contributed by atoms with Crippen molar-refractivity contribution in [3.8, 4) is 11.5 Å². The first kappa shape index (κ1) is 16.8. The zero-order valence-corrected chi connectivity index (χ0v) is 13.1. The summed E-state index contributed by atoms with van der Waals surface area (Å²) in [6.45, 7) is 2.73. The van der Waals surface area contributed by atoms with Crippen molar-refractivity contribution in [2.24, 2.45) is 0 Å². The third-order valence-corrected chi connectivity index (χ3v) is 4.59. The second kappa shape index (κ2) is 8.11. The highest BCUT2D eigenvalue weighted by molar-refractivity contribution is 7.91. The van der Waals surface area contributed by atoms with Crippen LogP contribution < -0.4 is 14.8 Å². The molecular weight excluding hydrogens is 278 g/mol. The molecular formula is C14H23NO4S. The molecule has 0 fully saturated rings. The molecule has 0 aliphatic rings. The van der Waals surface area contributed by atoms with E-state index in [9.17, 15) is 8.42 Å². The first-order valence-corrected chi connectivity index (χ1v) is 8.49. The van der Waals surface area contributed by atoms with Gasteiger partial charge in [-0.05, 0) is 31.2 Å². The van der Waals surface area contributed by atoms with Gasteiger partial charge in [0, 0.05) is 6.54 Å². The lowest BCUT2D eigenvalue weighted by Crippen LogP contribution is -2.17. The molecule has 0 spiro atoms. The molecule has 0 aliphatic heterocycles. The maximum Gasteiger partial charge on any atom is 0.161 e. The minimum atomic E-state index is -3.01. The smallest absolute Gasteiger partial charge is 0.161 e. The SMILES string of the molecule is CCCS(=O)(=O)CCOc1ccc(CNC)cc1OC. The van der Waals surface area contributed by atoms with E-state index in [1.54, 1.807) is 13.2 Å². The van der Waals surface area contributed by atoms with Crippen LogP contribution in [0.3, 0.4) is 0 Å². The van der Waals surface area contributed by atoms with E-state index >= 15 is 0 Å². The van der Waals surface area contributed by atoms with Gasteiger partial charge in [-0.2, -0.15) is 0 Å². The largest absolute Gasteiger partial charge is 0.493 e. The fourth-order valence-electron chi connectivity index (χ4n) is 1.84. The van der Waals surface area contributed by atoms with Crippen molar-refractivity contribution in [1.82, 2.24) is 5.32 Å². The van der Waals surface area contributed by atoms with E-state index in [1.165, 1.54) is 0 Å². The molecule has 0 radical (unpaired) electrons. The Hall–Kier alpha value is -1.27. The second-order valence-corrected chi connectivity index (χ2v) is 6.82. The van der Waals surface area contributed by atoms with E-state index < -0.39 is 9.84 Å². The molecule has 1 rings (SSSR count). The minimum Gasteiger partial charge on any atom is -0.493 e. The van der Waals surface area contributed by atoms with Crippen LogP contribution >= 0.6 is 0 Å². The van der Waals surface area contributed by atoms with Gasteiger partial charge in [0.1, 0.15) is 6.61 Å². The number of hydrogen-bond donors (Lipinski definition) is 1. The number of sulfone groups is 1. The molecule has 5 nitrogen and oxygen atoms in total. The van der Waals surface area contributed by atoms with Gasteiger partial charge in [-0.3, -0.25) is 0 Å². The Morgan fingerprint density at radius 3 is 2.55 bits per heavy atom. The Morgan fingerprint density at radius 1 is 1.20 bits per heavy atom. The Morgan fingerprint density at radius 2 is 1.95 bits per heavy atom. The van der Waals surface area contributed by atoms with E-state index in [1.807, 2.05) is 26.1 Å². The normalized spacial score (nSPS) is 11.3. The fraction of sp³-hybridized carbons (Fsp3) is 0.571. The highest BCUT2D eigenvalue weighted by Crippen LogP contribution is 2.28. The van der Waals surface area contributed by atoms with Gasteiger partial charge in [-0.15, -0.1) is 0 Å². The standard InChI is InChI=1S/C14H23NO4S/c1-4-8-20(16,17)9-7-19-13-6-5-12(11-15-2)10-14(13)18-3/h5-6,10,15H,4,7-9,11H2,1-3H3. The van der Waals surface area contributed by atoms with Gasteiger partial charge in [0.25, 0.3) is 0 Å². The van der Waals surface area contributed by atoms with Gasteiger partial charge in [0.2, 0.25) is 0 Å². The van der Waals surface area contributed by atoms with Crippen LogP contribution in [0.4, 0.5) is 0 Å². The molecule has 6 heteroatoms. The summed E-state index contributed by atoms with van der Waals surface area (Å²) in [5.74, 6) is 1.42. The molecule has 0 aliphatic carbocycles. The predicted octanol–water partition coefficient (Wildman–Crippen LogP) is 1.62. The van der Waals surface area contributed by atoms with Crippen molar-refractivity contribution in [2.75, 3.05) is 32.3 Å². The van der Waals surface area contributed by atoms with Crippen LogP contribution in [-0.4, -0.2) is 40.7 Å². The second-order valence-electron chi connectivity index (χ2n) is 4.52. The number of benzene rings is 1. The monoisotopic (exact) mass is 301 g/mol. The van der Waals surface area contributed by atoms with Crippen molar-refractivity contribution < 1.29 is 17.9 Å². The number of methoxy groups -OCH3 is 1. The maximum atomic E-state index is 11.6. The maximum absolute atomic E-state index is 11.6. The van der Waals surface area contributed by atoms with Crippen LogP contribution in [0, 0.1) is 0 Å². The van der Waals surface area contributed by atoms with Crippen LogP contribution in [-0.2, 0) is 16.4 Å². The van der Waals surface area contributed by atoms with Crippen LogP contribution in [0.5, 0.6) is 11.5 Å². The molecule has 20 heavy (non-hydrogen) atoms. The molecule has 0 heterocycles. The lowest BCUT2D eigenvalue weighted by atomic mass is 10.2. The molecule has 1 aromatic rings. The zero-order chi connectivity index (χ0) is 15.0. The Labute approximate surface area is 121 Å². The highest BCUT2D eigenvalue weighted by atomic mass is 32.2. The average molecular weight is 301 g/mol. The highest BCUT2D eigenvalue weighted by Gasteiger charge is 2.11. The van der Waals surface area contributed by atoms with Crippen LogP contribution in [0.25, 0.3) is 0 Å². The lowest BCUT2D eigenvalue weighted by Gasteiger charge is -2.12. The molecule has 0 bridgehead atoms. The van der Waals surface area contributed by atoms with Crippen molar-refractivity contribution in [3.63, 3.8) is 0 Å². The molecule has 0 aromatic heterocycles. The first-order chi connectivity index (χ1) is 9.52. The van der Waals surface area contributed by atoms with E-state index in [0.717, 1.165) is 12.1 Å². The summed E-state index contributed by atoms with van der Waals surface area (Å²) in [4.78, 5) is 0. The van der Waals surface area contributed by atoms with Gasteiger partial charge in [0.15, 0.2) is 21.3 Å². The van der Waals surface area contributed by atoms with E-state index in [-0.39, 0.29) is 18.1 Å². The third kappa shape index (κ3) is 5.38. The van der Waals surface area contributed by atoms with Crippen LogP contribution in [0.2, 0.25) is 0 Å². The number of rotatable bonds is 9. The molecule has 0 amide bonds. The summed E-state index contributed by atoms with van der Waals surface area (Å²) < 4.78 is 34.0. The fourth-order valence-corrected chi connectivity index (χ4v) is 3.00. The summed E-state index contributed by atoms with van der Waals surface area (Å²) in [7, 11) is 0.425. The molecule has 0 atom stereocenters.